The van der Waals surface area contributed by atoms with Crippen LogP contribution in [0.4, 0.5) is 0 Å². The molecule has 1 fully saturated rings. The Balaban J connectivity index is 2.77. The monoisotopic (exact) mass is 404 g/mol. The summed E-state index contributed by atoms with van der Waals surface area (Å²) < 4.78 is 29.8. The lowest BCUT2D eigenvalue weighted by Gasteiger charge is -2.30. The van der Waals surface area contributed by atoms with Gasteiger partial charge in [-0.05, 0) is 37.6 Å². The van der Waals surface area contributed by atoms with Gasteiger partial charge in [0.2, 0.25) is 5.91 Å². The SMILES string of the molecule is CC(C)CCN(CCC(C)C)S(=O)(=O)N1CCCN(CC(=O)N(C)C)CC1. The first-order chi connectivity index (χ1) is 12.5. The Labute approximate surface area is 166 Å². The van der Waals surface area contributed by atoms with E-state index in [9.17, 15) is 13.2 Å². The number of amides is 1. The predicted octanol–water partition coefficient (Wildman–Crippen LogP) is 1.72. The number of nitrogens with zero attached hydrogens (tertiary/aromatic N) is 4. The third-order valence-electron chi connectivity index (χ3n) is 4.97. The first-order valence-electron chi connectivity index (χ1n) is 10.2. The summed E-state index contributed by atoms with van der Waals surface area (Å²) in [6, 6.07) is 0. The van der Waals surface area contributed by atoms with Crippen LogP contribution in [0.25, 0.3) is 0 Å². The van der Waals surface area contributed by atoms with Crippen LogP contribution in [0.2, 0.25) is 0 Å². The lowest BCUT2D eigenvalue weighted by Crippen LogP contribution is -2.46. The van der Waals surface area contributed by atoms with Crippen molar-refractivity contribution < 1.29 is 13.2 Å². The summed E-state index contributed by atoms with van der Waals surface area (Å²) in [6.07, 6.45) is 2.49. The largest absolute Gasteiger partial charge is 0.348 e. The Morgan fingerprint density at radius 3 is 1.96 bits per heavy atom. The van der Waals surface area contributed by atoms with Crippen LogP contribution >= 0.6 is 0 Å². The highest BCUT2D eigenvalue weighted by Crippen LogP contribution is 2.16. The lowest BCUT2D eigenvalue weighted by molar-refractivity contribution is -0.129. The molecular formula is C19H40N4O3S. The van der Waals surface area contributed by atoms with Crippen LogP contribution in [0, 0.1) is 11.8 Å². The second kappa shape index (κ2) is 11.3. The van der Waals surface area contributed by atoms with Crippen LogP contribution in [-0.2, 0) is 15.0 Å². The average molecular weight is 405 g/mol. The number of hydrogen-bond acceptors (Lipinski definition) is 4. The Morgan fingerprint density at radius 1 is 0.926 bits per heavy atom. The Kier molecular flexibility index (Phi) is 10.2. The predicted molar refractivity (Wildman–Crippen MR) is 111 cm³/mol. The molecule has 8 heteroatoms. The van der Waals surface area contributed by atoms with Crippen LogP contribution in [0.3, 0.4) is 0 Å². The molecule has 1 aliphatic rings. The minimum absolute atomic E-state index is 0.0572. The first-order valence-corrected chi connectivity index (χ1v) is 11.6. The highest BCUT2D eigenvalue weighted by atomic mass is 32.2. The minimum atomic E-state index is -3.46. The number of carbonyl (C=O) groups excluding carboxylic acids is 1. The number of hydrogen-bond donors (Lipinski definition) is 0. The highest BCUT2D eigenvalue weighted by Gasteiger charge is 2.31. The molecule has 0 unspecified atom stereocenters. The molecule has 0 radical (unpaired) electrons. The maximum atomic E-state index is 13.3. The summed E-state index contributed by atoms with van der Waals surface area (Å²) in [5.74, 6) is 0.999. The third kappa shape index (κ3) is 8.46. The molecule has 0 saturated carbocycles. The van der Waals surface area contributed by atoms with E-state index in [0.29, 0.717) is 51.1 Å². The number of likely N-dealkylation sites (N-methyl/N-ethyl adjacent to an activating group) is 1. The number of carbonyl (C=O) groups is 1. The molecule has 1 saturated heterocycles. The fourth-order valence-electron chi connectivity index (χ4n) is 2.98. The van der Waals surface area contributed by atoms with Gasteiger partial charge < -0.3 is 4.90 Å². The Bertz CT molecular complexity index is 537. The standard InChI is InChI=1S/C19H40N4O3S/c1-17(2)8-12-23(13-9-18(3)4)27(25,26)22-11-7-10-21(14-15-22)16-19(24)20(5)6/h17-18H,7-16H2,1-6H3. The van der Waals surface area contributed by atoms with Crippen LogP contribution in [-0.4, -0.2) is 92.6 Å². The van der Waals surface area contributed by atoms with E-state index in [1.807, 2.05) is 0 Å². The third-order valence-corrected chi connectivity index (χ3v) is 7.00. The van der Waals surface area contributed by atoms with Gasteiger partial charge in [0.25, 0.3) is 10.2 Å². The molecule has 0 aromatic rings. The minimum Gasteiger partial charge on any atom is -0.348 e. The fraction of sp³-hybridized carbons (Fsp3) is 0.947. The van der Waals surface area contributed by atoms with Crippen LogP contribution in [0.15, 0.2) is 0 Å². The first kappa shape index (κ1) is 24.3. The zero-order valence-corrected chi connectivity index (χ0v) is 19.0. The zero-order chi connectivity index (χ0) is 20.6. The van der Waals surface area contributed by atoms with Crippen molar-refractivity contribution in [1.29, 1.82) is 0 Å². The van der Waals surface area contributed by atoms with Crippen LogP contribution < -0.4 is 0 Å². The molecule has 0 atom stereocenters. The van der Waals surface area contributed by atoms with Crippen molar-refractivity contribution in [2.75, 3.05) is 59.9 Å². The lowest BCUT2D eigenvalue weighted by atomic mass is 10.1. The van der Waals surface area contributed by atoms with Crippen molar-refractivity contribution in [3.8, 4) is 0 Å². The van der Waals surface area contributed by atoms with E-state index in [-0.39, 0.29) is 5.91 Å². The van der Waals surface area contributed by atoms with Gasteiger partial charge in [-0.3, -0.25) is 9.69 Å². The van der Waals surface area contributed by atoms with Gasteiger partial charge in [0, 0.05) is 46.8 Å². The molecule has 1 heterocycles. The van der Waals surface area contributed by atoms with Gasteiger partial charge >= 0.3 is 0 Å². The molecule has 0 aromatic carbocycles. The highest BCUT2D eigenvalue weighted by molar-refractivity contribution is 7.86. The van der Waals surface area contributed by atoms with E-state index in [1.54, 1.807) is 27.6 Å². The molecule has 1 rings (SSSR count). The average Bonchev–Trinajstić information content (AvgIpc) is 2.79. The van der Waals surface area contributed by atoms with Crippen molar-refractivity contribution in [3.63, 3.8) is 0 Å². The molecule has 7 nitrogen and oxygen atoms in total. The van der Waals surface area contributed by atoms with Gasteiger partial charge in [0.1, 0.15) is 0 Å². The van der Waals surface area contributed by atoms with Gasteiger partial charge in [-0.15, -0.1) is 0 Å². The van der Waals surface area contributed by atoms with Gasteiger partial charge in [-0.2, -0.15) is 17.0 Å². The smallest absolute Gasteiger partial charge is 0.282 e. The van der Waals surface area contributed by atoms with E-state index in [1.165, 1.54) is 0 Å². The summed E-state index contributed by atoms with van der Waals surface area (Å²) in [5, 5.41) is 0. The molecule has 27 heavy (non-hydrogen) atoms. The molecule has 0 aliphatic carbocycles. The van der Waals surface area contributed by atoms with E-state index in [4.69, 9.17) is 0 Å². The van der Waals surface area contributed by atoms with Gasteiger partial charge in [-0.1, -0.05) is 27.7 Å². The molecule has 0 N–H and O–H groups in total. The van der Waals surface area contributed by atoms with Gasteiger partial charge in [0.05, 0.1) is 6.54 Å². The second-order valence-electron chi connectivity index (χ2n) is 8.59. The van der Waals surface area contributed by atoms with Crippen molar-refractivity contribution >= 4 is 16.1 Å². The summed E-state index contributed by atoms with van der Waals surface area (Å²) in [4.78, 5) is 15.6. The zero-order valence-electron chi connectivity index (χ0n) is 18.1. The molecule has 0 bridgehead atoms. The van der Waals surface area contributed by atoms with Crippen molar-refractivity contribution in [2.45, 2.75) is 47.0 Å². The summed E-state index contributed by atoms with van der Waals surface area (Å²) in [5.41, 5.74) is 0. The van der Waals surface area contributed by atoms with E-state index in [0.717, 1.165) is 25.8 Å². The summed E-state index contributed by atoms with van der Waals surface area (Å²) in [7, 11) is 0.0341. The maximum absolute atomic E-state index is 13.3. The molecular weight excluding hydrogens is 364 g/mol. The summed E-state index contributed by atoms with van der Waals surface area (Å²) >= 11 is 0. The second-order valence-corrected chi connectivity index (χ2v) is 10.5. The molecule has 160 valence electrons. The van der Waals surface area contributed by atoms with Crippen LogP contribution in [0.1, 0.15) is 47.0 Å². The van der Waals surface area contributed by atoms with E-state index in [2.05, 4.69) is 32.6 Å². The quantitative estimate of drug-likeness (QED) is 0.556. The molecule has 1 aliphatic heterocycles. The van der Waals surface area contributed by atoms with Crippen molar-refractivity contribution in [3.05, 3.63) is 0 Å². The van der Waals surface area contributed by atoms with Gasteiger partial charge in [-0.25, -0.2) is 0 Å². The fourth-order valence-corrected chi connectivity index (χ4v) is 4.65. The van der Waals surface area contributed by atoms with E-state index >= 15 is 0 Å². The molecule has 0 aromatic heterocycles. The Morgan fingerprint density at radius 2 is 1.48 bits per heavy atom. The van der Waals surface area contributed by atoms with Crippen LogP contribution in [0.5, 0.6) is 0 Å². The normalized spacial score (nSPS) is 17.7. The molecule has 0 spiro atoms. The van der Waals surface area contributed by atoms with Gasteiger partial charge in [0.15, 0.2) is 0 Å². The number of rotatable bonds is 10. The Hall–Kier alpha value is -0.700. The topological polar surface area (TPSA) is 64.2 Å². The molecule has 1 amide bonds. The summed E-state index contributed by atoms with van der Waals surface area (Å²) in [6.45, 7) is 12.3. The van der Waals surface area contributed by atoms with Crippen molar-refractivity contribution in [1.82, 2.24) is 18.4 Å². The van der Waals surface area contributed by atoms with E-state index < -0.39 is 10.2 Å². The maximum Gasteiger partial charge on any atom is 0.282 e. The van der Waals surface area contributed by atoms with Crippen molar-refractivity contribution in [2.24, 2.45) is 11.8 Å².